The van der Waals surface area contributed by atoms with Crippen molar-refractivity contribution in [1.29, 1.82) is 0 Å². The lowest BCUT2D eigenvalue weighted by molar-refractivity contribution is 0.0154. The molecule has 0 bridgehead atoms. The van der Waals surface area contributed by atoms with Gasteiger partial charge < -0.3 is 15.0 Å². The molecule has 22 heavy (non-hydrogen) atoms. The van der Waals surface area contributed by atoms with E-state index >= 15 is 0 Å². The lowest BCUT2D eigenvalue weighted by atomic mass is 9.95. The molecular weight excluding hydrogens is 278 g/mol. The number of rotatable bonds is 2. The van der Waals surface area contributed by atoms with E-state index in [4.69, 9.17) is 4.74 Å². The molecule has 0 aliphatic carbocycles. The van der Waals surface area contributed by atoms with Crippen molar-refractivity contribution in [1.82, 2.24) is 15.1 Å². The van der Waals surface area contributed by atoms with Crippen molar-refractivity contribution in [2.75, 3.05) is 32.7 Å². The first-order valence-corrected chi connectivity index (χ1v) is 8.70. The maximum absolute atomic E-state index is 12.1. The summed E-state index contributed by atoms with van der Waals surface area (Å²) < 4.78 is 5.46. The second-order valence-corrected chi connectivity index (χ2v) is 8.02. The molecule has 2 aliphatic heterocycles. The van der Waals surface area contributed by atoms with Crippen molar-refractivity contribution < 1.29 is 9.53 Å². The second-order valence-electron chi connectivity index (χ2n) is 8.02. The van der Waals surface area contributed by atoms with Crippen molar-refractivity contribution in [3.05, 3.63) is 0 Å². The van der Waals surface area contributed by atoms with E-state index in [-0.39, 0.29) is 6.09 Å². The maximum Gasteiger partial charge on any atom is 0.410 e. The van der Waals surface area contributed by atoms with Gasteiger partial charge in [0.2, 0.25) is 0 Å². The predicted molar refractivity (Wildman–Crippen MR) is 89.0 cm³/mol. The van der Waals surface area contributed by atoms with E-state index in [9.17, 15) is 4.79 Å². The highest BCUT2D eigenvalue weighted by Gasteiger charge is 2.30. The van der Waals surface area contributed by atoms with Crippen LogP contribution >= 0.6 is 0 Å². The van der Waals surface area contributed by atoms with Crippen molar-refractivity contribution in [2.45, 2.75) is 65.1 Å². The van der Waals surface area contributed by atoms with Crippen molar-refractivity contribution >= 4 is 6.09 Å². The summed E-state index contributed by atoms with van der Waals surface area (Å²) in [5.74, 6) is 0.700. The third kappa shape index (κ3) is 5.13. The highest BCUT2D eigenvalue weighted by Crippen LogP contribution is 2.22. The summed E-state index contributed by atoms with van der Waals surface area (Å²) in [6, 6.07) is 1.19. The Bertz CT molecular complexity index is 373. The average molecular weight is 311 g/mol. The molecule has 2 atom stereocenters. The number of piperidine rings is 1. The van der Waals surface area contributed by atoms with Crippen LogP contribution in [0.4, 0.5) is 4.79 Å². The number of amides is 1. The fourth-order valence-electron chi connectivity index (χ4n) is 3.31. The topological polar surface area (TPSA) is 44.8 Å². The van der Waals surface area contributed by atoms with Crippen molar-refractivity contribution in [2.24, 2.45) is 5.92 Å². The summed E-state index contributed by atoms with van der Waals surface area (Å²) in [5.41, 5.74) is -0.402. The van der Waals surface area contributed by atoms with Crippen LogP contribution in [0.5, 0.6) is 0 Å². The van der Waals surface area contributed by atoms with Gasteiger partial charge in [-0.2, -0.15) is 0 Å². The SMILES string of the molecule is CC1CN(CC2CCN(C(=O)OC(C)(C)C)CC2)C(C)CN1. The van der Waals surface area contributed by atoms with Gasteiger partial charge in [-0.05, 0) is 53.4 Å². The van der Waals surface area contributed by atoms with Gasteiger partial charge in [0.25, 0.3) is 0 Å². The third-order valence-corrected chi connectivity index (χ3v) is 4.65. The monoisotopic (exact) mass is 311 g/mol. The van der Waals surface area contributed by atoms with E-state index < -0.39 is 5.60 Å². The largest absolute Gasteiger partial charge is 0.444 e. The smallest absolute Gasteiger partial charge is 0.410 e. The Morgan fingerprint density at radius 3 is 2.45 bits per heavy atom. The van der Waals surface area contributed by atoms with Crippen LogP contribution in [0.25, 0.3) is 0 Å². The first-order chi connectivity index (χ1) is 10.2. The molecule has 5 heteroatoms. The molecule has 2 saturated heterocycles. The molecule has 2 unspecified atom stereocenters. The number of carbonyl (C=O) groups excluding carboxylic acids is 1. The van der Waals surface area contributed by atoms with Crippen LogP contribution in [0, 0.1) is 5.92 Å². The van der Waals surface area contributed by atoms with Gasteiger partial charge in [-0.25, -0.2) is 4.79 Å². The van der Waals surface area contributed by atoms with Crippen molar-refractivity contribution in [3.63, 3.8) is 0 Å². The van der Waals surface area contributed by atoms with Gasteiger partial charge in [0.05, 0.1) is 0 Å². The molecule has 2 heterocycles. The number of piperazine rings is 1. The molecule has 2 rings (SSSR count). The minimum atomic E-state index is -0.402. The quantitative estimate of drug-likeness (QED) is 0.850. The van der Waals surface area contributed by atoms with Gasteiger partial charge in [-0.15, -0.1) is 0 Å². The van der Waals surface area contributed by atoms with Gasteiger partial charge >= 0.3 is 6.09 Å². The molecule has 1 amide bonds. The Morgan fingerprint density at radius 1 is 1.23 bits per heavy atom. The zero-order chi connectivity index (χ0) is 16.3. The Hall–Kier alpha value is -0.810. The van der Waals surface area contributed by atoms with Gasteiger partial charge in [0.15, 0.2) is 0 Å². The second kappa shape index (κ2) is 7.18. The number of nitrogens with zero attached hydrogens (tertiary/aromatic N) is 2. The fourth-order valence-corrected chi connectivity index (χ4v) is 3.31. The van der Waals surface area contributed by atoms with E-state index in [0.717, 1.165) is 45.6 Å². The Kier molecular flexibility index (Phi) is 5.72. The molecule has 0 aromatic rings. The normalized spacial score (nSPS) is 28.7. The first kappa shape index (κ1) is 17.5. The summed E-state index contributed by atoms with van der Waals surface area (Å²) in [5, 5.41) is 3.53. The van der Waals surface area contributed by atoms with Gasteiger partial charge in [0, 0.05) is 44.8 Å². The Balaban J connectivity index is 1.76. The number of ether oxygens (including phenoxy) is 1. The van der Waals surface area contributed by atoms with Crippen LogP contribution in [0.3, 0.4) is 0 Å². The minimum Gasteiger partial charge on any atom is -0.444 e. The molecule has 0 radical (unpaired) electrons. The molecule has 0 aromatic heterocycles. The number of likely N-dealkylation sites (tertiary alicyclic amines) is 1. The lowest BCUT2D eigenvalue weighted by Gasteiger charge is -2.41. The van der Waals surface area contributed by atoms with Gasteiger partial charge in [-0.3, -0.25) is 4.90 Å². The summed E-state index contributed by atoms with van der Waals surface area (Å²) in [4.78, 5) is 16.6. The van der Waals surface area contributed by atoms with E-state index in [1.807, 2.05) is 25.7 Å². The van der Waals surface area contributed by atoms with E-state index in [2.05, 4.69) is 24.1 Å². The van der Waals surface area contributed by atoms with E-state index in [0.29, 0.717) is 18.0 Å². The standard InChI is InChI=1S/C17H33N3O2/c1-13-11-20(14(2)10-18-13)12-15-6-8-19(9-7-15)16(21)22-17(3,4)5/h13-15,18H,6-12H2,1-5H3. The van der Waals surface area contributed by atoms with Crippen LogP contribution in [0.1, 0.15) is 47.5 Å². The molecule has 128 valence electrons. The highest BCUT2D eigenvalue weighted by molar-refractivity contribution is 5.68. The van der Waals surface area contributed by atoms with Crippen LogP contribution in [-0.4, -0.2) is 66.3 Å². The minimum absolute atomic E-state index is 0.157. The first-order valence-electron chi connectivity index (χ1n) is 8.70. The summed E-state index contributed by atoms with van der Waals surface area (Å²) in [6.07, 6.45) is 2.02. The summed E-state index contributed by atoms with van der Waals surface area (Å²) >= 11 is 0. The average Bonchev–Trinajstić information content (AvgIpc) is 2.42. The summed E-state index contributed by atoms with van der Waals surface area (Å²) in [6.45, 7) is 15.4. The molecule has 0 saturated carbocycles. The maximum atomic E-state index is 12.1. The predicted octanol–water partition coefficient (Wildman–Crippen LogP) is 2.32. The molecule has 0 aromatic carbocycles. The van der Waals surface area contributed by atoms with Crippen LogP contribution in [0.2, 0.25) is 0 Å². The van der Waals surface area contributed by atoms with E-state index in [1.54, 1.807) is 0 Å². The zero-order valence-electron chi connectivity index (χ0n) is 14.9. The Morgan fingerprint density at radius 2 is 1.86 bits per heavy atom. The van der Waals surface area contributed by atoms with Crippen LogP contribution in [0.15, 0.2) is 0 Å². The van der Waals surface area contributed by atoms with Crippen molar-refractivity contribution in [3.8, 4) is 0 Å². The molecule has 2 fully saturated rings. The van der Waals surface area contributed by atoms with E-state index in [1.165, 1.54) is 0 Å². The molecule has 2 aliphatic rings. The van der Waals surface area contributed by atoms with Gasteiger partial charge in [0.1, 0.15) is 5.60 Å². The fraction of sp³-hybridized carbons (Fsp3) is 0.941. The third-order valence-electron chi connectivity index (χ3n) is 4.65. The molecule has 1 N–H and O–H groups in total. The van der Waals surface area contributed by atoms with Crippen LogP contribution in [-0.2, 0) is 4.74 Å². The summed E-state index contributed by atoms with van der Waals surface area (Å²) in [7, 11) is 0. The molecule has 0 spiro atoms. The van der Waals surface area contributed by atoms with Gasteiger partial charge in [-0.1, -0.05) is 0 Å². The number of carbonyl (C=O) groups is 1. The van der Waals surface area contributed by atoms with Crippen LogP contribution < -0.4 is 5.32 Å². The number of nitrogens with one attached hydrogen (secondary N) is 1. The molecule has 5 nitrogen and oxygen atoms in total. The zero-order valence-corrected chi connectivity index (χ0v) is 14.9. The Labute approximate surface area is 135 Å². The number of hydrogen-bond acceptors (Lipinski definition) is 4. The lowest BCUT2D eigenvalue weighted by Crippen LogP contribution is -2.56. The number of hydrogen-bond donors (Lipinski definition) is 1. The highest BCUT2D eigenvalue weighted by atomic mass is 16.6. The molecular formula is C17H33N3O2.